The molecule has 2 rings (SSSR count). The normalized spacial score (nSPS) is 10.5. The Hall–Kier alpha value is -1.71. The Morgan fingerprint density at radius 1 is 0.815 bits per heavy atom. The Balaban J connectivity index is 0.00000364. The number of halogens is 1. The molecule has 0 aliphatic carbocycles. The van der Waals surface area contributed by atoms with Crippen LogP contribution in [0.2, 0.25) is 0 Å². The number of benzene rings is 2. The maximum absolute atomic E-state index is 6.17. The molecule has 2 aromatic rings. The minimum absolute atomic E-state index is 0. The molecule has 0 radical (unpaired) electrons. The van der Waals surface area contributed by atoms with Gasteiger partial charge in [-0.1, -0.05) is 56.3 Å². The van der Waals surface area contributed by atoms with E-state index in [0.717, 1.165) is 44.0 Å². The molecule has 3 nitrogen and oxygen atoms in total. The summed E-state index contributed by atoms with van der Waals surface area (Å²) in [5, 5.41) is 0. The van der Waals surface area contributed by atoms with E-state index in [4.69, 9.17) is 9.47 Å². The first-order valence-electron chi connectivity index (χ1n) is 9.83. The van der Waals surface area contributed by atoms with E-state index in [1.807, 2.05) is 12.1 Å². The molecule has 0 saturated heterocycles. The van der Waals surface area contributed by atoms with E-state index in [0.29, 0.717) is 6.61 Å². The van der Waals surface area contributed by atoms with Crippen LogP contribution in [-0.4, -0.2) is 38.3 Å². The first-order chi connectivity index (χ1) is 12.8. The van der Waals surface area contributed by atoms with Crippen molar-refractivity contribution in [3.63, 3.8) is 0 Å². The topological polar surface area (TPSA) is 21.7 Å². The van der Waals surface area contributed by atoms with Gasteiger partial charge in [0.15, 0.2) is 11.5 Å². The number of hydrogen-bond donors (Lipinski definition) is 0. The molecular weight excluding hydrogens is 358 g/mol. The number of hydrogen-bond acceptors (Lipinski definition) is 3. The smallest absolute Gasteiger partial charge is 0.164 e. The van der Waals surface area contributed by atoms with Crippen molar-refractivity contribution in [2.45, 2.75) is 39.5 Å². The van der Waals surface area contributed by atoms with Crippen molar-refractivity contribution in [1.29, 1.82) is 0 Å². The van der Waals surface area contributed by atoms with E-state index in [-0.39, 0.29) is 12.4 Å². The quantitative estimate of drug-likeness (QED) is 0.483. The molecule has 0 unspecified atom stereocenters. The summed E-state index contributed by atoms with van der Waals surface area (Å²) < 4.78 is 11.7. The second kappa shape index (κ2) is 13.5. The van der Waals surface area contributed by atoms with Crippen molar-refractivity contribution in [2.24, 2.45) is 0 Å². The van der Waals surface area contributed by atoms with Crippen molar-refractivity contribution in [1.82, 2.24) is 4.90 Å². The number of nitrogens with zero attached hydrogens (tertiary/aromatic N) is 1. The summed E-state index contributed by atoms with van der Waals surface area (Å²) in [5.74, 6) is 1.73. The van der Waals surface area contributed by atoms with E-state index in [1.165, 1.54) is 24.0 Å². The molecular formula is C23H34ClNO2. The van der Waals surface area contributed by atoms with Crippen LogP contribution in [0, 0.1) is 0 Å². The van der Waals surface area contributed by atoms with Crippen LogP contribution in [0.15, 0.2) is 48.5 Å². The van der Waals surface area contributed by atoms with Crippen LogP contribution < -0.4 is 9.47 Å². The van der Waals surface area contributed by atoms with Gasteiger partial charge in [0.05, 0.1) is 13.7 Å². The van der Waals surface area contributed by atoms with Crippen molar-refractivity contribution in [3.05, 3.63) is 59.7 Å². The highest BCUT2D eigenvalue weighted by atomic mass is 35.5. The zero-order valence-corrected chi connectivity index (χ0v) is 17.8. The van der Waals surface area contributed by atoms with Crippen molar-refractivity contribution in [2.75, 3.05) is 33.4 Å². The molecule has 2 aromatic carbocycles. The summed E-state index contributed by atoms with van der Waals surface area (Å²) in [6, 6.07) is 16.7. The van der Waals surface area contributed by atoms with Gasteiger partial charge >= 0.3 is 0 Å². The van der Waals surface area contributed by atoms with Gasteiger partial charge in [-0.15, -0.1) is 12.4 Å². The number of methoxy groups -OCH3 is 1. The van der Waals surface area contributed by atoms with Gasteiger partial charge in [-0.25, -0.2) is 0 Å². The highest BCUT2D eigenvalue weighted by Gasteiger charge is 2.12. The van der Waals surface area contributed by atoms with Crippen LogP contribution >= 0.6 is 12.4 Å². The van der Waals surface area contributed by atoms with Gasteiger partial charge in [0, 0.05) is 13.0 Å². The van der Waals surface area contributed by atoms with E-state index >= 15 is 0 Å². The van der Waals surface area contributed by atoms with Crippen LogP contribution in [0.1, 0.15) is 37.8 Å². The van der Waals surface area contributed by atoms with Crippen molar-refractivity contribution < 1.29 is 9.47 Å². The molecule has 0 bridgehead atoms. The van der Waals surface area contributed by atoms with Gasteiger partial charge < -0.3 is 14.4 Å². The highest BCUT2D eigenvalue weighted by molar-refractivity contribution is 5.85. The standard InChI is InChI=1S/C23H33NO2.ClH/c1-4-16-24(17-5-2)18-14-21-12-9-13-22(25-3)23(21)26-19-15-20-10-7-6-8-11-20;/h6-13H,4-5,14-19H2,1-3H3;1H. The molecule has 27 heavy (non-hydrogen) atoms. The van der Waals surface area contributed by atoms with Gasteiger partial charge in [0.25, 0.3) is 0 Å². The predicted octanol–water partition coefficient (Wildman–Crippen LogP) is 5.40. The van der Waals surface area contributed by atoms with Crippen LogP contribution in [-0.2, 0) is 12.8 Å². The molecule has 0 heterocycles. The van der Waals surface area contributed by atoms with E-state index in [2.05, 4.69) is 55.1 Å². The molecule has 0 aromatic heterocycles. The average Bonchev–Trinajstić information content (AvgIpc) is 2.68. The van der Waals surface area contributed by atoms with Gasteiger partial charge in [-0.2, -0.15) is 0 Å². The summed E-state index contributed by atoms with van der Waals surface area (Å²) in [5.41, 5.74) is 2.52. The Bertz CT molecular complexity index is 628. The second-order valence-corrected chi connectivity index (χ2v) is 6.62. The number of ether oxygens (including phenoxy) is 2. The fraction of sp³-hybridized carbons (Fsp3) is 0.478. The Morgan fingerprint density at radius 3 is 2.15 bits per heavy atom. The third-order valence-electron chi connectivity index (χ3n) is 4.54. The molecule has 0 N–H and O–H groups in total. The van der Waals surface area contributed by atoms with Gasteiger partial charge in [-0.05, 0) is 49.5 Å². The average molecular weight is 392 g/mol. The molecule has 0 aliphatic heterocycles. The largest absolute Gasteiger partial charge is 0.493 e. The Labute approximate surface area is 171 Å². The van der Waals surface area contributed by atoms with E-state index in [9.17, 15) is 0 Å². The minimum Gasteiger partial charge on any atom is -0.493 e. The zero-order valence-electron chi connectivity index (χ0n) is 16.9. The fourth-order valence-electron chi connectivity index (χ4n) is 3.24. The first-order valence-corrected chi connectivity index (χ1v) is 9.83. The highest BCUT2D eigenvalue weighted by Crippen LogP contribution is 2.31. The zero-order chi connectivity index (χ0) is 18.6. The summed E-state index contributed by atoms with van der Waals surface area (Å²) >= 11 is 0. The van der Waals surface area contributed by atoms with Gasteiger partial charge in [0.1, 0.15) is 0 Å². The van der Waals surface area contributed by atoms with Crippen molar-refractivity contribution >= 4 is 12.4 Å². The first kappa shape index (κ1) is 23.3. The van der Waals surface area contributed by atoms with Crippen LogP contribution in [0.25, 0.3) is 0 Å². The van der Waals surface area contributed by atoms with Gasteiger partial charge in [-0.3, -0.25) is 0 Å². The molecule has 0 fully saturated rings. The lowest BCUT2D eigenvalue weighted by atomic mass is 10.1. The van der Waals surface area contributed by atoms with E-state index in [1.54, 1.807) is 7.11 Å². The maximum Gasteiger partial charge on any atom is 0.164 e. The monoisotopic (exact) mass is 391 g/mol. The summed E-state index contributed by atoms with van der Waals surface area (Å²) in [6.07, 6.45) is 4.27. The summed E-state index contributed by atoms with van der Waals surface area (Å²) in [6.45, 7) is 8.51. The third kappa shape index (κ3) is 7.82. The fourth-order valence-corrected chi connectivity index (χ4v) is 3.24. The van der Waals surface area contributed by atoms with E-state index < -0.39 is 0 Å². The lowest BCUT2D eigenvalue weighted by Crippen LogP contribution is -2.27. The predicted molar refractivity (Wildman–Crippen MR) is 117 cm³/mol. The van der Waals surface area contributed by atoms with Crippen LogP contribution in [0.3, 0.4) is 0 Å². The van der Waals surface area contributed by atoms with Gasteiger partial charge in [0.2, 0.25) is 0 Å². The van der Waals surface area contributed by atoms with Crippen molar-refractivity contribution in [3.8, 4) is 11.5 Å². The molecule has 0 atom stereocenters. The molecule has 0 saturated carbocycles. The lowest BCUT2D eigenvalue weighted by Gasteiger charge is -2.22. The molecule has 0 aliphatic rings. The number of para-hydroxylation sites is 1. The second-order valence-electron chi connectivity index (χ2n) is 6.62. The van der Waals surface area contributed by atoms with Crippen LogP contribution in [0.4, 0.5) is 0 Å². The summed E-state index contributed by atoms with van der Waals surface area (Å²) in [4.78, 5) is 2.53. The van der Waals surface area contributed by atoms with Crippen LogP contribution in [0.5, 0.6) is 11.5 Å². The minimum atomic E-state index is 0. The lowest BCUT2D eigenvalue weighted by molar-refractivity contribution is 0.270. The number of rotatable bonds is 12. The SMILES string of the molecule is CCCN(CCC)CCc1cccc(OC)c1OCCc1ccccc1.Cl. The molecule has 150 valence electrons. The Kier molecular flexibility index (Phi) is 11.6. The third-order valence-corrected chi connectivity index (χ3v) is 4.54. The molecule has 0 amide bonds. The molecule has 0 spiro atoms. The summed E-state index contributed by atoms with van der Waals surface area (Å²) in [7, 11) is 1.71. The maximum atomic E-state index is 6.17. The Morgan fingerprint density at radius 2 is 1.52 bits per heavy atom. The molecule has 4 heteroatoms.